The van der Waals surface area contributed by atoms with Gasteiger partial charge in [-0.05, 0) is 26.2 Å². The molecule has 0 aliphatic carbocycles. The van der Waals surface area contributed by atoms with Crippen molar-refractivity contribution in [2.75, 3.05) is 19.7 Å². The number of rotatable bonds is 2. The van der Waals surface area contributed by atoms with E-state index in [1.807, 2.05) is 14.0 Å². The minimum absolute atomic E-state index is 0.216. The molecular formula is C18H24N4O5. The fourth-order valence-corrected chi connectivity index (χ4v) is 3.91. The summed E-state index contributed by atoms with van der Waals surface area (Å²) in [7, 11) is 1.84. The Labute approximate surface area is 156 Å². The number of piperidine rings is 1. The second-order valence-corrected chi connectivity index (χ2v) is 7.35. The number of carbonyl (C=O) groups excluding carboxylic acids is 1. The molecule has 4 heterocycles. The van der Waals surface area contributed by atoms with Crippen LogP contribution in [0.2, 0.25) is 0 Å². The lowest BCUT2D eigenvalue weighted by atomic mass is 9.80. The van der Waals surface area contributed by atoms with Crippen LogP contribution in [-0.2, 0) is 11.8 Å². The van der Waals surface area contributed by atoms with Crippen molar-refractivity contribution in [1.29, 1.82) is 0 Å². The summed E-state index contributed by atoms with van der Waals surface area (Å²) < 4.78 is 12.9. The van der Waals surface area contributed by atoms with Crippen LogP contribution in [0.3, 0.4) is 0 Å². The van der Waals surface area contributed by atoms with Gasteiger partial charge in [0.25, 0.3) is 5.91 Å². The number of amides is 1. The number of aryl methyl sites for hydroxylation is 1. The zero-order valence-corrected chi connectivity index (χ0v) is 15.5. The maximum Gasteiger partial charge on any atom is 0.276 e. The molecule has 4 rings (SSSR count). The topological polar surface area (TPSA) is 114 Å². The zero-order chi connectivity index (χ0) is 19.2. The molecule has 27 heavy (non-hydrogen) atoms. The van der Waals surface area contributed by atoms with Gasteiger partial charge in [-0.1, -0.05) is 5.16 Å². The second kappa shape index (κ2) is 6.74. The smallest absolute Gasteiger partial charge is 0.276 e. The molecule has 2 atom stereocenters. The first kappa shape index (κ1) is 18.1. The SMILES string of the molecule is Cc1c(-c2cc(C(=O)N3CCC4(CC3)OCC[C@H](O)[C@@H]4O)no2)cnn1C. The number of aromatic nitrogens is 3. The molecule has 0 aromatic carbocycles. The van der Waals surface area contributed by atoms with Crippen molar-refractivity contribution in [3.05, 3.63) is 23.7 Å². The Morgan fingerprint density at radius 3 is 2.74 bits per heavy atom. The third kappa shape index (κ3) is 3.05. The summed E-state index contributed by atoms with van der Waals surface area (Å²) in [5.41, 5.74) is 1.20. The molecule has 2 aliphatic rings. The Bertz CT molecular complexity index is 837. The number of carbonyl (C=O) groups is 1. The first-order valence-electron chi connectivity index (χ1n) is 9.16. The number of hydrogen-bond acceptors (Lipinski definition) is 7. The summed E-state index contributed by atoms with van der Waals surface area (Å²) in [6.45, 7) is 3.19. The molecule has 2 aliphatic heterocycles. The summed E-state index contributed by atoms with van der Waals surface area (Å²) >= 11 is 0. The predicted octanol–water partition coefficient (Wildman–Crippen LogP) is 0.500. The Morgan fingerprint density at radius 1 is 1.33 bits per heavy atom. The first-order chi connectivity index (χ1) is 12.9. The van der Waals surface area contributed by atoms with Crippen LogP contribution in [0, 0.1) is 6.92 Å². The molecule has 0 radical (unpaired) electrons. The van der Waals surface area contributed by atoms with E-state index in [0.29, 0.717) is 44.7 Å². The number of nitrogens with zero attached hydrogens (tertiary/aromatic N) is 4. The summed E-state index contributed by atoms with van der Waals surface area (Å²) in [5, 5.41) is 28.4. The second-order valence-electron chi connectivity index (χ2n) is 7.35. The van der Waals surface area contributed by atoms with Crippen molar-refractivity contribution in [3.8, 4) is 11.3 Å². The van der Waals surface area contributed by atoms with Crippen molar-refractivity contribution in [2.24, 2.45) is 7.05 Å². The number of aliphatic hydroxyl groups is 2. The predicted molar refractivity (Wildman–Crippen MR) is 93.9 cm³/mol. The van der Waals surface area contributed by atoms with Gasteiger partial charge >= 0.3 is 0 Å². The third-order valence-corrected chi connectivity index (χ3v) is 5.83. The van der Waals surface area contributed by atoms with E-state index >= 15 is 0 Å². The lowest BCUT2D eigenvalue weighted by Crippen LogP contribution is -2.60. The quantitative estimate of drug-likeness (QED) is 0.784. The van der Waals surface area contributed by atoms with Crippen molar-refractivity contribution in [2.45, 2.75) is 44.0 Å². The van der Waals surface area contributed by atoms with Crippen LogP contribution in [0.15, 0.2) is 16.8 Å². The van der Waals surface area contributed by atoms with Gasteiger partial charge in [-0.2, -0.15) is 5.10 Å². The largest absolute Gasteiger partial charge is 0.390 e. The van der Waals surface area contributed by atoms with E-state index in [2.05, 4.69) is 10.3 Å². The molecule has 146 valence electrons. The molecule has 9 heteroatoms. The maximum absolute atomic E-state index is 12.8. The number of aliphatic hydroxyl groups excluding tert-OH is 2. The van der Waals surface area contributed by atoms with Crippen LogP contribution in [0.1, 0.15) is 35.4 Å². The van der Waals surface area contributed by atoms with E-state index in [1.54, 1.807) is 21.8 Å². The highest BCUT2D eigenvalue weighted by atomic mass is 16.5. The molecule has 2 saturated heterocycles. The van der Waals surface area contributed by atoms with E-state index in [9.17, 15) is 15.0 Å². The monoisotopic (exact) mass is 376 g/mol. The van der Waals surface area contributed by atoms with Crippen LogP contribution in [-0.4, -0.2) is 73.5 Å². The molecular weight excluding hydrogens is 352 g/mol. The lowest BCUT2D eigenvalue weighted by Gasteiger charge is -2.48. The molecule has 1 amide bonds. The Hall–Kier alpha value is -2.23. The van der Waals surface area contributed by atoms with E-state index in [1.165, 1.54) is 0 Å². The standard InChI is InChI=1S/C18H24N4O5/c1-11-12(10-19-21(11)2)15-9-13(20-27-15)17(25)22-6-4-18(5-7-22)16(24)14(23)3-8-26-18/h9-10,14,16,23-24H,3-8H2,1-2H3/t14-,16-/m0/s1. The van der Waals surface area contributed by atoms with Crippen molar-refractivity contribution in [1.82, 2.24) is 19.8 Å². The van der Waals surface area contributed by atoms with Gasteiger partial charge < -0.3 is 24.4 Å². The van der Waals surface area contributed by atoms with Gasteiger partial charge in [-0.15, -0.1) is 0 Å². The maximum atomic E-state index is 12.8. The Kier molecular flexibility index (Phi) is 4.53. The molecule has 2 N–H and O–H groups in total. The molecule has 2 aromatic heterocycles. The van der Waals surface area contributed by atoms with Crippen LogP contribution < -0.4 is 0 Å². The third-order valence-electron chi connectivity index (χ3n) is 5.83. The average Bonchev–Trinajstić information content (AvgIpc) is 3.27. The van der Waals surface area contributed by atoms with Gasteiger partial charge in [0.15, 0.2) is 11.5 Å². The summed E-state index contributed by atoms with van der Waals surface area (Å²) in [6.07, 6.45) is 1.37. The molecule has 9 nitrogen and oxygen atoms in total. The Balaban J connectivity index is 1.45. The van der Waals surface area contributed by atoms with E-state index in [-0.39, 0.29) is 11.6 Å². The van der Waals surface area contributed by atoms with Gasteiger partial charge in [0, 0.05) is 31.9 Å². The summed E-state index contributed by atoms with van der Waals surface area (Å²) in [5.74, 6) is 0.291. The van der Waals surface area contributed by atoms with Crippen molar-refractivity contribution >= 4 is 5.91 Å². The van der Waals surface area contributed by atoms with Crippen molar-refractivity contribution < 1.29 is 24.3 Å². The highest BCUT2D eigenvalue weighted by molar-refractivity contribution is 5.93. The van der Waals surface area contributed by atoms with Gasteiger partial charge in [0.05, 0.1) is 30.1 Å². The highest BCUT2D eigenvalue weighted by Gasteiger charge is 2.48. The van der Waals surface area contributed by atoms with E-state index in [0.717, 1.165) is 11.3 Å². The first-order valence-corrected chi connectivity index (χ1v) is 9.16. The van der Waals surface area contributed by atoms with Gasteiger partial charge in [0.2, 0.25) is 0 Å². The molecule has 0 bridgehead atoms. The number of likely N-dealkylation sites (tertiary alicyclic amines) is 1. The highest BCUT2D eigenvalue weighted by Crippen LogP contribution is 2.36. The van der Waals surface area contributed by atoms with Crippen LogP contribution in [0.5, 0.6) is 0 Å². The lowest BCUT2D eigenvalue weighted by molar-refractivity contribution is -0.212. The fourth-order valence-electron chi connectivity index (χ4n) is 3.91. The normalized spacial score (nSPS) is 25.1. The van der Waals surface area contributed by atoms with Crippen molar-refractivity contribution in [3.63, 3.8) is 0 Å². The van der Waals surface area contributed by atoms with Crippen LogP contribution in [0.4, 0.5) is 0 Å². The van der Waals surface area contributed by atoms with Crippen LogP contribution in [0.25, 0.3) is 11.3 Å². The van der Waals surface area contributed by atoms with Crippen LogP contribution >= 0.6 is 0 Å². The van der Waals surface area contributed by atoms with Gasteiger partial charge in [-0.3, -0.25) is 9.48 Å². The number of hydrogen-bond donors (Lipinski definition) is 2. The number of ether oxygens (including phenoxy) is 1. The molecule has 2 fully saturated rings. The fraction of sp³-hybridized carbons (Fsp3) is 0.611. The minimum atomic E-state index is -0.921. The van der Waals surface area contributed by atoms with Gasteiger partial charge in [0.1, 0.15) is 6.10 Å². The summed E-state index contributed by atoms with van der Waals surface area (Å²) in [4.78, 5) is 14.5. The zero-order valence-electron chi connectivity index (χ0n) is 15.5. The minimum Gasteiger partial charge on any atom is -0.390 e. The molecule has 2 aromatic rings. The van der Waals surface area contributed by atoms with E-state index in [4.69, 9.17) is 9.26 Å². The molecule has 0 unspecified atom stereocenters. The Morgan fingerprint density at radius 2 is 2.07 bits per heavy atom. The van der Waals surface area contributed by atoms with E-state index < -0.39 is 17.8 Å². The van der Waals surface area contributed by atoms with Gasteiger partial charge in [-0.25, -0.2) is 0 Å². The summed E-state index contributed by atoms with van der Waals surface area (Å²) in [6, 6.07) is 1.63. The average molecular weight is 376 g/mol. The molecule has 0 saturated carbocycles. The molecule has 1 spiro atoms.